The van der Waals surface area contributed by atoms with Crippen LogP contribution in [-0.4, -0.2) is 131 Å². The van der Waals surface area contributed by atoms with Crippen LogP contribution in [0.3, 0.4) is 0 Å². The zero-order valence-electron chi connectivity index (χ0n) is 48.1. The molecule has 0 heterocycles. The Labute approximate surface area is 434 Å². The normalized spacial score (nSPS) is 14.1. The van der Waals surface area contributed by atoms with Crippen LogP contribution < -0.4 is 26.6 Å². The molecule has 3 unspecified atom stereocenters. The monoisotopic (exact) mass is 1030 g/mol. The Morgan fingerprint density at radius 2 is 0.833 bits per heavy atom. The first-order valence-corrected chi connectivity index (χ1v) is 26.3. The summed E-state index contributed by atoms with van der Waals surface area (Å²) in [5.41, 5.74) is -5.51. The number of rotatable bonds is 28. The van der Waals surface area contributed by atoms with Crippen molar-refractivity contribution in [2.24, 2.45) is 5.92 Å². The Morgan fingerprint density at radius 1 is 0.431 bits per heavy atom. The van der Waals surface area contributed by atoms with E-state index in [1.165, 1.54) is 0 Å². The molecule has 0 aromatic heterocycles. The first kappa shape index (κ1) is 67.6. The summed E-state index contributed by atoms with van der Waals surface area (Å²) in [6, 6.07) is -0.386. The van der Waals surface area contributed by atoms with Crippen LogP contribution in [0.1, 0.15) is 215 Å². The van der Waals surface area contributed by atoms with E-state index >= 15 is 0 Å². The number of carbonyl (C=O) groups is 6. The van der Waals surface area contributed by atoms with Crippen molar-refractivity contribution in [1.29, 1.82) is 0 Å². The number of hydrogen-bond donors (Lipinski definition) is 6. The lowest BCUT2D eigenvalue weighted by Gasteiger charge is -2.44. The SMILES string of the molecule is CC(C)(C)OC(=O)NCCCCC(CCCNC(=O)OC(C)(C)C)(NC(=O)OC(C)(C)C)C(CCCCCCO)CN(CCCC(CCCNC(=O)OC(C)(C)C)NC(=O)OC(C)(C)C)C(=O)OC(C)(C)C. The molecule has 0 saturated carbocycles. The number of aliphatic hydroxyl groups excluding tert-OH is 1. The molecule has 19 heteroatoms. The van der Waals surface area contributed by atoms with Crippen molar-refractivity contribution in [3.63, 3.8) is 0 Å². The van der Waals surface area contributed by atoms with Gasteiger partial charge in [0.05, 0.1) is 0 Å². The zero-order chi connectivity index (χ0) is 55.6. The van der Waals surface area contributed by atoms with Gasteiger partial charge in [0.15, 0.2) is 0 Å². The van der Waals surface area contributed by atoms with Crippen molar-refractivity contribution < 1.29 is 62.3 Å². The predicted octanol–water partition coefficient (Wildman–Crippen LogP) is 11.0. The van der Waals surface area contributed by atoms with Crippen LogP contribution in [0.5, 0.6) is 0 Å². The molecule has 3 atom stereocenters. The number of aliphatic hydroxyl groups is 1. The fraction of sp³-hybridized carbons (Fsp3) is 0.887. The van der Waals surface area contributed by atoms with Crippen molar-refractivity contribution in [2.45, 2.75) is 260 Å². The van der Waals surface area contributed by atoms with Gasteiger partial charge in [0.2, 0.25) is 0 Å². The average Bonchev–Trinajstić information content (AvgIpc) is 3.15. The third-order valence-electron chi connectivity index (χ3n) is 10.4. The first-order valence-electron chi connectivity index (χ1n) is 26.3. The number of carbonyl (C=O) groups excluding carboxylic acids is 6. The van der Waals surface area contributed by atoms with Gasteiger partial charge in [-0.05, 0) is 201 Å². The van der Waals surface area contributed by atoms with Gasteiger partial charge in [0, 0.05) is 50.9 Å². The largest absolute Gasteiger partial charge is 0.444 e. The predicted molar refractivity (Wildman–Crippen MR) is 281 cm³/mol. The second-order valence-electron chi connectivity index (χ2n) is 24.8. The molecule has 0 saturated heterocycles. The van der Waals surface area contributed by atoms with E-state index < -0.39 is 81.6 Å². The van der Waals surface area contributed by atoms with E-state index in [0.717, 1.165) is 12.8 Å². The molecule has 19 nitrogen and oxygen atoms in total. The maximum atomic E-state index is 14.5. The van der Waals surface area contributed by atoms with E-state index in [2.05, 4.69) is 26.6 Å². The van der Waals surface area contributed by atoms with Gasteiger partial charge in [0.25, 0.3) is 0 Å². The number of ether oxygens (including phenoxy) is 6. The summed E-state index contributed by atoms with van der Waals surface area (Å²) in [5.74, 6) is -0.401. The molecular formula is C53H102N6O13. The molecule has 0 radical (unpaired) electrons. The number of amides is 6. The molecule has 0 rings (SSSR count). The van der Waals surface area contributed by atoms with Crippen LogP contribution in [0.15, 0.2) is 0 Å². The Kier molecular flexibility index (Phi) is 29.4. The molecule has 6 amide bonds. The maximum absolute atomic E-state index is 14.5. The molecule has 6 N–H and O–H groups in total. The van der Waals surface area contributed by atoms with E-state index in [1.807, 2.05) is 0 Å². The van der Waals surface area contributed by atoms with E-state index in [-0.39, 0.29) is 32.3 Å². The molecule has 0 aliphatic rings. The quantitative estimate of drug-likeness (QED) is 0.0316. The van der Waals surface area contributed by atoms with E-state index in [0.29, 0.717) is 90.1 Å². The zero-order valence-corrected chi connectivity index (χ0v) is 48.1. The van der Waals surface area contributed by atoms with Crippen LogP contribution in [0, 0.1) is 5.92 Å². The van der Waals surface area contributed by atoms with Gasteiger partial charge in [-0.1, -0.05) is 19.3 Å². The lowest BCUT2D eigenvalue weighted by atomic mass is 9.73. The lowest BCUT2D eigenvalue weighted by Crippen LogP contribution is -2.58. The second-order valence-corrected chi connectivity index (χ2v) is 24.8. The van der Waals surface area contributed by atoms with Crippen molar-refractivity contribution in [3.8, 4) is 0 Å². The molecule has 72 heavy (non-hydrogen) atoms. The molecule has 0 fully saturated rings. The summed E-state index contributed by atoms with van der Waals surface area (Å²) in [7, 11) is 0. The minimum atomic E-state index is -1.02. The number of nitrogens with zero attached hydrogens (tertiary/aromatic N) is 1. The van der Waals surface area contributed by atoms with Gasteiger partial charge in [-0.25, -0.2) is 28.8 Å². The number of alkyl carbamates (subject to hydrolysis) is 5. The van der Waals surface area contributed by atoms with Gasteiger partial charge in [-0.2, -0.15) is 0 Å². The van der Waals surface area contributed by atoms with Crippen LogP contribution in [-0.2, 0) is 28.4 Å². The van der Waals surface area contributed by atoms with Crippen molar-refractivity contribution in [1.82, 2.24) is 31.5 Å². The second kappa shape index (κ2) is 31.3. The third kappa shape index (κ3) is 37.3. The molecule has 0 aromatic rings. The van der Waals surface area contributed by atoms with E-state index in [9.17, 15) is 33.9 Å². The van der Waals surface area contributed by atoms with Gasteiger partial charge in [0.1, 0.15) is 33.6 Å². The average molecular weight is 1030 g/mol. The van der Waals surface area contributed by atoms with E-state index in [1.54, 1.807) is 130 Å². The minimum Gasteiger partial charge on any atom is -0.444 e. The lowest BCUT2D eigenvalue weighted by molar-refractivity contribution is 0.0113. The number of hydrogen-bond acceptors (Lipinski definition) is 13. The van der Waals surface area contributed by atoms with Crippen LogP contribution in [0.4, 0.5) is 28.8 Å². The first-order chi connectivity index (χ1) is 32.8. The Hall–Kier alpha value is -4.42. The minimum absolute atomic E-state index is 0.0615. The summed E-state index contributed by atoms with van der Waals surface area (Å²) in [6.07, 6.45) is 4.19. The number of unbranched alkanes of at least 4 members (excludes halogenated alkanes) is 4. The Bertz CT molecular complexity index is 1620. The highest BCUT2D eigenvalue weighted by molar-refractivity contribution is 5.70. The summed E-state index contributed by atoms with van der Waals surface area (Å²) < 4.78 is 34.0. The van der Waals surface area contributed by atoms with Crippen molar-refractivity contribution >= 4 is 36.6 Å². The van der Waals surface area contributed by atoms with Gasteiger partial charge >= 0.3 is 36.6 Å². The van der Waals surface area contributed by atoms with Crippen molar-refractivity contribution in [2.75, 3.05) is 39.3 Å². The smallest absolute Gasteiger partial charge is 0.410 e. The molecular weight excluding hydrogens is 929 g/mol. The molecule has 0 spiro atoms. The molecule has 0 aromatic carbocycles. The maximum Gasteiger partial charge on any atom is 0.410 e. The molecule has 422 valence electrons. The van der Waals surface area contributed by atoms with Gasteiger partial charge < -0.3 is 65.0 Å². The Balaban J connectivity index is 7.35. The molecule has 0 aliphatic heterocycles. The standard InChI is InChI=1S/C53H102N6O13/c1-47(2,3)67-41(61)54-33-23-22-31-53(58-45(65)71-51(13,14)15,32-27-35-56-43(63)69-49(7,8)9)39(28-21-19-20-24-37-60)38-59(46(66)72-52(16,17)18)36-26-30-40(57-44(64)70-50(10,11)12)29-25-34-55-42(62)68-48(4,5)6/h39-40,60H,19-38H2,1-18H3,(H,54,61)(H,55,62)(H,56,63)(H,57,64)(H,58,65). The highest BCUT2D eigenvalue weighted by Gasteiger charge is 2.42. The third-order valence-corrected chi connectivity index (χ3v) is 10.4. The summed E-state index contributed by atoms with van der Waals surface area (Å²) in [4.78, 5) is 81.2. The molecule has 0 aliphatic carbocycles. The highest BCUT2D eigenvalue weighted by atomic mass is 16.6. The van der Waals surface area contributed by atoms with Crippen LogP contribution in [0.2, 0.25) is 0 Å². The van der Waals surface area contributed by atoms with Gasteiger partial charge in [-0.3, -0.25) is 0 Å². The van der Waals surface area contributed by atoms with E-state index in [4.69, 9.17) is 28.4 Å². The highest BCUT2D eigenvalue weighted by Crippen LogP contribution is 2.35. The fourth-order valence-corrected chi connectivity index (χ4v) is 7.64. The summed E-state index contributed by atoms with van der Waals surface area (Å²) in [5, 5.41) is 24.4. The topological polar surface area (TPSA) is 241 Å². The summed E-state index contributed by atoms with van der Waals surface area (Å²) in [6.45, 7) is 33.5. The number of nitrogens with one attached hydrogen (secondary N) is 5. The Morgan fingerprint density at radius 3 is 1.31 bits per heavy atom. The van der Waals surface area contributed by atoms with Crippen LogP contribution in [0.25, 0.3) is 0 Å². The molecule has 0 bridgehead atoms. The fourth-order valence-electron chi connectivity index (χ4n) is 7.64. The van der Waals surface area contributed by atoms with Crippen LogP contribution >= 0.6 is 0 Å². The summed E-state index contributed by atoms with van der Waals surface area (Å²) >= 11 is 0. The van der Waals surface area contributed by atoms with Gasteiger partial charge in [-0.15, -0.1) is 0 Å². The van der Waals surface area contributed by atoms with Crippen molar-refractivity contribution in [3.05, 3.63) is 0 Å².